The molecule has 228 valence electrons. The van der Waals surface area contributed by atoms with Gasteiger partial charge in [0.25, 0.3) is 0 Å². The van der Waals surface area contributed by atoms with Crippen LogP contribution in [-0.2, 0) is 27.1 Å². The Bertz CT molecular complexity index is 1130. The number of aryl methyl sites for hydroxylation is 1. The van der Waals surface area contributed by atoms with Crippen molar-refractivity contribution in [3.8, 4) is 23.0 Å². The molecule has 0 radical (unpaired) electrons. The van der Waals surface area contributed by atoms with Crippen LogP contribution >= 0.6 is 0 Å². The van der Waals surface area contributed by atoms with E-state index >= 15 is 0 Å². The molecule has 0 bridgehead atoms. The van der Waals surface area contributed by atoms with E-state index < -0.39 is 5.60 Å². The van der Waals surface area contributed by atoms with Gasteiger partial charge in [-0.2, -0.15) is 0 Å². The molecular formula is C33H49NO7. The van der Waals surface area contributed by atoms with Crippen LogP contribution in [0.25, 0.3) is 0 Å². The molecule has 0 unspecified atom stereocenters. The van der Waals surface area contributed by atoms with Crippen LogP contribution in [0.3, 0.4) is 0 Å². The van der Waals surface area contributed by atoms with Gasteiger partial charge in [-0.25, -0.2) is 0 Å². The highest BCUT2D eigenvalue weighted by Crippen LogP contribution is 2.50. The molecule has 1 aliphatic carbocycles. The van der Waals surface area contributed by atoms with Gasteiger partial charge in [0.05, 0.1) is 27.9 Å². The number of nitrogens with zero attached hydrogens (tertiary/aromatic N) is 1. The fraction of sp³-hybridized carbons (Fsp3) is 0.606. The van der Waals surface area contributed by atoms with Crippen LogP contribution in [-0.4, -0.2) is 78.3 Å². The average molecular weight is 572 g/mol. The lowest BCUT2D eigenvalue weighted by atomic mass is 9.65. The Morgan fingerprint density at radius 3 is 2.29 bits per heavy atom. The van der Waals surface area contributed by atoms with Gasteiger partial charge >= 0.3 is 5.97 Å². The van der Waals surface area contributed by atoms with Crippen molar-refractivity contribution in [1.82, 2.24) is 4.90 Å². The highest BCUT2D eigenvalue weighted by atomic mass is 16.6. The van der Waals surface area contributed by atoms with Crippen molar-refractivity contribution in [2.75, 3.05) is 61.8 Å². The van der Waals surface area contributed by atoms with Gasteiger partial charge in [0, 0.05) is 52.5 Å². The summed E-state index contributed by atoms with van der Waals surface area (Å²) in [6, 6.07) is 10.3. The van der Waals surface area contributed by atoms with Crippen molar-refractivity contribution in [2.24, 2.45) is 5.92 Å². The fourth-order valence-electron chi connectivity index (χ4n) is 6.11. The molecular weight excluding hydrogens is 522 g/mol. The Morgan fingerprint density at radius 1 is 0.951 bits per heavy atom. The highest BCUT2D eigenvalue weighted by Gasteiger charge is 2.47. The summed E-state index contributed by atoms with van der Waals surface area (Å²) >= 11 is 0. The van der Waals surface area contributed by atoms with Crippen molar-refractivity contribution in [3.05, 3.63) is 47.0 Å². The summed E-state index contributed by atoms with van der Waals surface area (Å²) in [5.41, 5.74) is 3.01. The molecule has 0 saturated heterocycles. The zero-order valence-corrected chi connectivity index (χ0v) is 26.2. The minimum absolute atomic E-state index is 0.0442. The van der Waals surface area contributed by atoms with Crippen LogP contribution in [0.4, 0.5) is 0 Å². The Kier molecular flexibility index (Phi) is 12.2. The SMILES string of the molecule is COCCCOc1cc(CCN(C)CC[C@@]2(OC(C)=O)CCc3cc(OC)c(OC)cc3[C@@H]2C(C)C)ccc1OC. The lowest BCUT2D eigenvalue weighted by Crippen LogP contribution is -2.48. The lowest BCUT2D eigenvalue weighted by molar-refractivity contribution is -0.164. The summed E-state index contributed by atoms with van der Waals surface area (Å²) in [5.74, 6) is 2.99. The number of likely N-dealkylation sites (N-methyl/N-ethyl adjacent to an activating group) is 1. The van der Waals surface area contributed by atoms with E-state index in [-0.39, 0.29) is 17.8 Å². The predicted octanol–water partition coefficient (Wildman–Crippen LogP) is 5.68. The third-order valence-corrected chi connectivity index (χ3v) is 8.06. The first-order valence-corrected chi connectivity index (χ1v) is 14.6. The van der Waals surface area contributed by atoms with E-state index in [2.05, 4.69) is 50.1 Å². The second-order valence-electron chi connectivity index (χ2n) is 11.3. The van der Waals surface area contributed by atoms with Crippen LogP contribution in [0.1, 0.15) is 62.6 Å². The minimum atomic E-state index is -0.593. The van der Waals surface area contributed by atoms with Crippen LogP contribution < -0.4 is 18.9 Å². The molecule has 3 rings (SSSR count). The number of methoxy groups -OCH3 is 4. The van der Waals surface area contributed by atoms with E-state index in [1.54, 1.807) is 28.4 Å². The Morgan fingerprint density at radius 2 is 1.66 bits per heavy atom. The number of benzene rings is 2. The summed E-state index contributed by atoms with van der Waals surface area (Å²) in [6.45, 7) is 8.83. The normalized spacial score (nSPS) is 18.2. The number of carbonyl (C=O) groups is 1. The molecule has 2 atom stereocenters. The lowest BCUT2D eigenvalue weighted by Gasteiger charge is -2.47. The average Bonchev–Trinajstić information content (AvgIpc) is 2.95. The number of fused-ring (bicyclic) bond motifs is 1. The van der Waals surface area contributed by atoms with Crippen LogP contribution in [0.15, 0.2) is 30.3 Å². The number of esters is 1. The van der Waals surface area contributed by atoms with E-state index in [1.807, 2.05) is 6.07 Å². The molecule has 2 aromatic rings. The minimum Gasteiger partial charge on any atom is -0.493 e. The van der Waals surface area contributed by atoms with E-state index in [0.29, 0.717) is 19.0 Å². The maximum atomic E-state index is 12.5. The van der Waals surface area contributed by atoms with E-state index in [9.17, 15) is 4.79 Å². The number of ether oxygens (including phenoxy) is 6. The smallest absolute Gasteiger partial charge is 0.303 e. The molecule has 0 N–H and O–H groups in total. The molecule has 2 aromatic carbocycles. The highest BCUT2D eigenvalue weighted by molar-refractivity contribution is 5.67. The topological polar surface area (TPSA) is 75.7 Å². The van der Waals surface area contributed by atoms with Crippen LogP contribution in [0.5, 0.6) is 23.0 Å². The van der Waals surface area contributed by atoms with E-state index in [1.165, 1.54) is 23.6 Å². The number of hydrogen-bond donors (Lipinski definition) is 0. The van der Waals surface area contributed by atoms with Gasteiger partial charge < -0.3 is 33.3 Å². The largest absolute Gasteiger partial charge is 0.493 e. The van der Waals surface area contributed by atoms with Gasteiger partial charge in [0.1, 0.15) is 5.60 Å². The Hall–Kier alpha value is -2.97. The number of hydrogen-bond acceptors (Lipinski definition) is 8. The maximum absolute atomic E-state index is 12.5. The molecule has 0 aliphatic heterocycles. The van der Waals surface area contributed by atoms with Crippen molar-refractivity contribution < 1.29 is 33.2 Å². The van der Waals surface area contributed by atoms with Gasteiger partial charge in [0.15, 0.2) is 23.0 Å². The zero-order valence-electron chi connectivity index (χ0n) is 26.2. The monoisotopic (exact) mass is 571 g/mol. The molecule has 8 heteroatoms. The first-order valence-electron chi connectivity index (χ1n) is 14.6. The molecule has 0 amide bonds. The number of rotatable bonds is 16. The van der Waals surface area contributed by atoms with Crippen molar-refractivity contribution in [1.29, 1.82) is 0 Å². The zero-order chi connectivity index (χ0) is 30.0. The van der Waals surface area contributed by atoms with E-state index in [0.717, 1.165) is 62.4 Å². The third kappa shape index (κ3) is 8.29. The summed E-state index contributed by atoms with van der Waals surface area (Å²) in [6.07, 6.45) is 4.01. The van der Waals surface area contributed by atoms with Crippen molar-refractivity contribution in [3.63, 3.8) is 0 Å². The van der Waals surface area contributed by atoms with Crippen LogP contribution in [0, 0.1) is 5.92 Å². The second kappa shape index (κ2) is 15.3. The van der Waals surface area contributed by atoms with Gasteiger partial charge in [-0.05, 0) is 73.2 Å². The van der Waals surface area contributed by atoms with Gasteiger partial charge in [-0.15, -0.1) is 0 Å². The molecule has 0 heterocycles. The second-order valence-corrected chi connectivity index (χ2v) is 11.3. The summed E-state index contributed by atoms with van der Waals surface area (Å²) in [7, 11) is 8.79. The van der Waals surface area contributed by atoms with E-state index in [4.69, 9.17) is 28.4 Å². The van der Waals surface area contributed by atoms with Crippen LogP contribution in [0.2, 0.25) is 0 Å². The van der Waals surface area contributed by atoms with Gasteiger partial charge in [-0.3, -0.25) is 4.79 Å². The summed E-state index contributed by atoms with van der Waals surface area (Å²) < 4.78 is 34.1. The van der Waals surface area contributed by atoms with Gasteiger partial charge in [0.2, 0.25) is 0 Å². The van der Waals surface area contributed by atoms with Crippen molar-refractivity contribution in [2.45, 2.75) is 64.4 Å². The Labute approximate surface area is 246 Å². The van der Waals surface area contributed by atoms with Crippen molar-refractivity contribution >= 4 is 5.97 Å². The molecule has 0 aromatic heterocycles. The van der Waals surface area contributed by atoms with Gasteiger partial charge in [-0.1, -0.05) is 19.9 Å². The number of carbonyl (C=O) groups excluding carboxylic acids is 1. The predicted molar refractivity (Wildman–Crippen MR) is 161 cm³/mol. The molecule has 0 spiro atoms. The summed E-state index contributed by atoms with van der Waals surface area (Å²) in [4.78, 5) is 14.8. The summed E-state index contributed by atoms with van der Waals surface area (Å²) in [5, 5.41) is 0. The molecule has 0 saturated carbocycles. The molecule has 41 heavy (non-hydrogen) atoms. The first kappa shape index (κ1) is 32.5. The maximum Gasteiger partial charge on any atom is 0.303 e. The molecule has 1 aliphatic rings. The first-order chi connectivity index (χ1) is 19.7. The quantitative estimate of drug-likeness (QED) is 0.188. The third-order valence-electron chi connectivity index (χ3n) is 8.06. The standard InChI is InChI=1S/C33H49NO7/c1-23(2)32-27-22-30(39-8)29(38-7)21-26(27)12-14-33(32,41-24(3)35)15-17-34(4)16-13-25-10-11-28(37-6)31(20-25)40-19-9-18-36-5/h10-11,20-23,32H,9,12-19H2,1-8H3/t32-,33-/m0/s1. The molecule has 8 nitrogen and oxygen atoms in total. The fourth-order valence-corrected chi connectivity index (χ4v) is 6.11. The Balaban J connectivity index is 1.74. The molecule has 0 fully saturated rings.